The highest BCUT2D eigenvalue weighted by Gasteiger charge is 1.74. The van der Waals surface area contributed by atoms with Crippen LogP contribution in [0, 0.1) is 6.08 Å². The van der Waals surface area contributed by atoms with Gasteiger partial charge >= 0.3 is 0 Å². The monoisotopic (exact) mass is 171 g/mol. The van der Waals surface area contributed by atoms with Gasteiger partial charge in [-0.25, -0.2) is 0 Å². The van der Waals surface area contributed by atoms with Crippen LogP contribution in [0.15, 0.2) is 54.7 Å². The van der Waals surface area contributed by atoms with E-state index >= 15 is 0 Å². The van der Waals surface area contributed by atoms with Crippen molar-refractivity contribution in [2.75, 3.05) is 0 Å². The lowest BCUT2D eigenvalue weighted by molar-refractivity contribution is 1.25. The Bertz CT molecular complexity index is 223. The van der Waals surface area contributed by atoms with Crippen molar-refractivity contribution in [2.45, 2.75) is 19.3 Å². The molecule has 0 heteroatoms. The Morgan fingerprint density at radius 1 is 0.692 bits per heavy atom. The molecule has 0 fully saturated rings. The molecule has 0 heterocycles. The summed E-state index contributed by atoms with van der Waals surface area (Å²) in [4.78, 5) is 0. The van der Waals surface area contributed by atoms with Crippen molar-refractivity contribution in [1.29, 1.82) is 0 Å². The molecule has 1 radical (unpaired) electrons. The van der Waals surface area contributed by atoms with E-state index in [1.54, 1.807) is 0 Å². The third-order valence-electron chi connectivity index (χ3n) is 1.68. The van der Waals surface area contributed by atoms with Crippen LogP contribution >= 0.6 is 0 Å². The van der Waals surface area contributed by atoms with E-state index in [9.17, 15) is 0 Å². The van der Waals surface area contributed by atoms with Gasteiger partial charge in [-0.3, -0.25) is 0 Å². The number of hydrogen-bond acceptors (Lipinski definition) is 0. The standard InChI is InChI=1S/C13H15/c1-2-4-6-8-10-12-13-11-9-7-5-3-1/h1-6,9,11-12H,7-8,13H2/b2-1+,5-3-,6-4+,11-9+,12-10?. The summed E-state index contributed by atoms with van der Waals surface area (Å²) in [6.45, 7) is 0. The maximum Gasteiger partial charge on any atom is -0.00946 e. The summed E-state index contributed by atoms with van der Waals surface area (Å²) in [5.74, 6) is 0. The summed E-state index contributed by atoms with van der Waals surface area (Å²) < 4.78 is 0. The van der Waals surface area contributed by atoms with E-state index in [-0.39, 0.29) is 0 Å². The van der Waals surface area contributed by atoms with E-state index in [0.717, 1.165) is 19.3 Å². The van der Waals surface area contributed by atoms with Crippen LogP contribution in [0.5, 0.6) is 0 Å². The van der Waals surface area contributed by atoms with E-state index in [1.165, 1.54) is 0 Å². The summed E-state index contributed by atoms with van der Waals surface area (Å²) in [6, 6.07) is 0. The lowest BCUT2D eigenvalue weighted by Gasteiger charge is -1.81. The third-order valence-corrected chi connectivity index (χ3v) is 1.68. The summed E-state index contributed by atoms with van der Waals surface area (Å²) in [5.41, 5.74) is 0. The second-order valence-electron chi connectivity index (χ2n) is 2.80. The van der Waals surface area contributed by atoms with Gasteiger partial charge in [0.1, 0.15) is 0 Å². The van der Waals surface area contributed by atoms with Gasteiger partial charge in [-0.2, -0.15) is 0 Å². The van der Waals surface area contributed by atoms with Gasteiger partial charge in [-0.05, 0) is 25.3 Å². The number of hydrogen-bond donors (Lipinski definition) is 0. The summed E-state index contributed by atoms with van der Waals surface area (Å²) >= 11 is 0. The molecule has 1 rings (SSSR count). The van der Waals surface area contributed by atoms with Crippen molar-refractivity contribution < 1.29 is 0 Å². The second kappa shape index (κ2) is 7.35. The van der Waals surface area contributed by atoms with Crippen LogP contribution in [-0.2, 0) is 0 Å². The van der Waals surface area contributed by atoms with Gasteiger partial charge in [0, 0.05) is 0 Å². The topological polar surface area (TPSA) is 0 Å². The van der Waals surface area contributed by atoms with E-state index in [1.807, 2.05) is 12.2 Å². The van der Waals surface area contributed by atoms with Gasteiger partial charge in [0.2, 0.25) is 0 Å². The summed E-state index contributed by atoms with van der Waals surface area (Å²) in [6.07, 6.45) is 25.0. The highest BCUT2D eigenvalue weighted by molar-refractivity contribution is 5.12. The van der Waals surface area contributed by atoms with Crippen molar-refractivity contribution in [3.8, 4) is 0 Å². The molecular formula is C13H15. The predicted molar refractivity (Wildman–Crippen MR) is 58.2 cm³/mol. The largest absolute Gasteiger partial charge is 0.0844 e. The van der Waals surface area contributed by atoms with Crippen molar-refractivity contribution in [2.24, 2.45) is 0 Å². The minimum atomic E-state index is 0.905. The molecule has 0 saturated heterocycles. The van der Waals surface area contributed by atoms with Crippen LogP contribution in [-0.4, -0.2) is 0 Å². The van der Waals surface area contributed by atoms with Gasteiger partial charge in [0.15, 0.2) is 0 Å². The first kappa shape index (κ1) is 9.79. The zero-order valence-electron chi connectivity index (χ0n) is 7.82. The molecular weight excluding hydrogens is 156 g/mol. The molecule has 0 bridgehead atoms. The average molecular weight is 171 g/mol. The van der Waals surface area contributed by atoms with E-state index in [4.69, 9.17) is 0 Å². The Kier molecular flexibility index (Phi) is 5.54. The maximum atomic E-state index is 3.21. The molecule has 0 unspecified atom stereocenters. The highest BCUT2D eigenvalue weighted by Crippen LogP contribution is 1.94. The van der Waals surface area contributed by atoms with Crippen LogP contribution in [0.25, 0.3) is 0 Å². The Morgan fingerprint density at radius 2 is 1.46 bits per heavy atom. The first-order chi connectivity index (χ1) is 6.50. The van der Waals surface area contributed by atoms with Crippen LogP contribution in [0.1, 0.15) is 19.3 Å². The first-order valence-electron chi connectivity index (χ1n) is 4.68. The average Bonchev–Trinajstić information content (AvgIpc) is 2.18. The van der Waals surface area contributed by atoms with Crippen molar-refractivity contribution >= 4 is 0 Å². The quantitative estimate of drug-likeness (QED) is 0.487. The third kappa shape index (κ3) is 5.92. The fourth-order valence-electron chi connectivity index (χ4n) is 1.01. The molecule has 13 heavy (non-hydrogen) atoms. The smallest absolute Gasteiger partial charge is 0.00946 e. The molecule has 0 saturated carbocycles. The zero-order valence-corrected chi connectivity index (χ0v) is 7.82. The van der Waals surface area contributed by atoms with Gasteiger partial charge < -0.3 is 0 Å². The van der Waals surface area contributed by atoms with Gasteiger partial charge in [0.05, 0.1) is 0 Å². The summed E-state index contributed by atoms with van der Waals surface area (Å²) in [5, 5.41) is 0. The molecule has 0 aliphatic heterocycles. The van der Waals surface area contributed by atoms with E-state index in [0.29, 0.717) is 0 Å². The van der Waals surface area contributed by atoms with E-state index in [2.05, 4.69) is 48.6 Å². The number of rotatable bonds is 0. The van der Waals surface area contributed by atoms with Crippen molar-refractivity contribution in [1.82, 2.24) is 0 Å². The summed E-state index contributed by atoms with van der Waals surface area (Å²) in [7, 11) is 0. The van der Waals surface area contributed by atoms with Crippen LogP contribution in [0.4, 0.5) is 0 Å². The normalized spacial score (nSPS) is 30.2. The Balaban J connectivity index is 2.49. The fraction of sp³-hybridized carbons (Fsp3) is 0.231. The SMILES string of the molecule is [C]1=C/C/C=C/C\C=C/C=C/C=C/C/1. The molecule has 0 amide bonds. The predicted octanol–water partition coefficient (Wildman–Crippen LogP) is 3.75. The molecule has 1 aliphatic carbocycles. The molecule has 0 atom stereocenters. The Hall–Kier alpha value is -1.30. The number of allylic oxidation sites excluding steroid dienone is 10. The van der Waals surface area contributed by atoms with Crippen molar-refractivity contribution in [3.63, 3.8) is 0 Å². The molecule has 0 aromatic heterocycles. The van der Waals surface area contributed by atoms with Gasteiger partial charge in [0.25, 0.3) is 0 Å². The molecule has 0 N–H and O–H groups in total. The minimum Gasteiger partial charge on any atom is -0.0844 e. The van der Waals surface area contributed by atoms with Crippen molar-refractivity contribution in [3.05, 3.63) is 60.8 Å². The molecule has 67 valence electrons. The first-order valence-corrected chi connectivity index (χ1v) is 4.68. The fourth-order valence-corrected chi connectivity index (χ4v) is 1.01. The molecule has 1 aliphatic rings. The Morgan fingerprint density at radius 3 is 2.38 bits per heavy atom. The minimum absolute atomic E-state index is 0.905. The highest BCUT2D eigenvalue weighted by atomic mass is 13.8. The molecule has 0 nitrogen and oxygen atoms in total. The van der Waals surface area contributed by atoms with Gasteiger partial charge in [-0.15, -0.1) is 0 Å². The molecule has 0 spiro atoms. The van der Waals surface area contributed by atoms with Crippen LogP contribution in [0.2, 0.25) is 0 Å². The molecule has 0 aromatic carbocycles. The van der Waals surface area contributed by atoms with Gasteiger partial charge in [-0.1, -0.05) is 54.7 Å². The van der Waals surface area contributed by atoms with Crippen LogP contribution in [0.3, 0.4) is 0 Å². The maximum absolute atomic E-state index is 3.21. The van der Waals surface area contributed by atoms with E-state index < -0.39 is 0 Å². The Labute approximate surface area is 80.7 Å². The zero-order chi connectivity index (χ0) is 9.19. The van der Waals surface area contributed by atoms with Crippen LogP contribution < -0.4 is 0 Å². The lowest BCUT2D eigenvalue weighted by Crippen LogP contribution is -1.62. The molecule has 0 aromatic rings. The lowest BCUT2D eigenvalue weighted by atomic mass is 10.3. The second-order valence-corrected chi connectivity index (χ2v) is 2.80.